The topological polar surface area (TPSA) is 115 Å². The van der Waals surface area contributed by atoms with E-state index in [9.17, 15) is 14.4 Å². The highest BCUT2D eigenvalue weighted by Gasteiger charge is 2.53. The Balaban J connectivity index is 1.52. The van der Waals surface area contributed by atoms with Gasteiger partial charge in [-0.15, -0.1) is 11.8 Å². The molecule has 1 unspecified atom stereocenters. The Labute approximate surface area is 200 Å². The highest BCUT2D eigenvalue weighted by Crippen LogP contribution is 2.41. The number of ether oxygens (including phenoxy) is 2. The molecule has 0 bridgehead atoms. The lowest BCUT2D eigenvalue weighted by Crippen LogP contribution is -2.64. The zero-order valence-corrected chi connectivity index (χ0v) is 20.9. The third-order valence-corrected chi connectivity index (χ3v) is 7.58. The highest BCUT2D eigenvalue weighted by atomic mass is 32.2. The van der Waals surface area contributed by atoms with Crippen molar-refractivity contribution in [2.24, 2.45) is 22.1 Å². The lowest BCUT2D eigenvalue weighted by molar-refractivity contribution is -0.173. The molecule has 184 valence electrons. The molecule has 9 nitrogen and oxygen atoms in total. The van der Waals surface area contributed by atoms with Crippen LogP contribution < -0.4 is 5.73 Å². The van der Waals surface area contributed by atoms with Crippen LogP contribution in [0.1, 0.15) is 53.4 Å². The number of hydrogen-bond acceptors (Lipinski definition) is 8. The standard InChI is InChI=1S/C23H36N4O5S/c1-15-12-33-20-17(25-13-26-10-7-16(8-11-26)6-5-9-24)19(28)27(20)18(15)21(29)31-14-32-22(30)23(2,3)4/h13,16-17,20H,5-12,14,24H2,1-4H3/t17?,20-/m0/s1. The summed E-state index contributed by atoms with van der Waals surface area (Å²) in [5, 5.41) is -0.223. The van der Waals surface area contributed by atoms with Crippen LogP contribution in [-0.2, 0) is 23.9 Å². The van der Waals surface area contributed by atoms with Gasteiger partial charge in [-0.1, -0.05) is 0 Å². The lowest BCUT2D eigenvalue weighted by atomic mass is 9.92. The molecule has 0 aromatic carbocycles. The van der Waals surface area contributed by atoms with E-state index in [1.54, 1.807) is 45.8 Å². The molecule has 0 aromatic heterocycles. The fourth-order valence-electron chi connectivity index (χ4n) is 4.10. The van der Waals surface area contributed by atoms with Crippen LogP contribution in [-0.4, -0.2) is 77.6 Å². The normalized spacial score (nSPS) is 24.1. The van der Waals surface area contributed by atoms with Crippen molar-refractivity contribution in [3.8, 4) is 0 Å². The maximum absolute atomic E-state index is 12.9. The Morgan fingerprint density at radius 1 is 1.24 bits per heavy atom. The third-order valence-electron chi connectivity index (χ3n) is 6.17. The van der Waals surface area contributed by atoms with Crippen molar-refractivity contribution in [1.82, 2.24) is 9.80 Å². The Hall–Kier alpha value is -2.07. The predicted molar refractivity (Wildman–Crippen MR) is 127 cm³/mol. The van der Waals surface area contributed by atoms with Gasteiger partial charge in [0.15, 0.2) is 6.04 Å². The van der Waals surface area contributed by atoms with E-state index >= 15 is 0 Å². The van der Waals surface area contributed by atoms with Crippen LogP contribution >= 0.6 is 11.8 Å². The van der Waals surface area contributed by atoms with Crippen LogP contribution in [0.3, 0.4) is 0 Å². The molecule has 0 aliphatic carbocycles. The van der Waals surface area contributed by atoms with Crippen LogP contribution in [0.5, 0.6) is 0 Å². The van der Waals surface area contributed by atoms with Gasteiger partial charge in [-0.05, 0) is 71.4 Å². The molecule has 2 N–H and O–H groups in total. The third kappa shape index (κ3) is 6.09. The van der Waals surface area contributed by atoms with Crippen molar-refractivity contribution in [3.05, 3.63) is 11.3 Å². The van der Waals surface area contributed by atoms with E-state index in [4.69, 9.17) is 15.2 Å². The zero-order chi connectivity index (χ0) is 24.2. The number of thioether (sulfide) groups is 1. The van der Waals surface area contributed by atoms with E-state index in [0.717, 1.165) is 50.4 Å². The van der Waals surface area contributed by atoms with E-state index in [-0.39, 0.29) is 17.0 Å². The second kappa shape index (κ2) is 10.9. The van der Waals surface area contributed by atoms with Crippen molar-refractivity contribution < 1.29 is 23.9 Å². The SMILES string of the molecule is CC1=C(C(=O)OCOC(=O)C(C)(C)C)N2C(=O)C(N=CN3CCC(CCCN)CC3)[C@@H]2SC1. The van der Waals surface area contributed by atoms with E-state index in [1.165, 1.54) is 11.3 Å². The first-order valence-electron chi connectivity index (χ1n) is 11.6. The smallest absolute Gasteiger partial charge is 0.357 e. The number of β-lactam (4-membered cyclic amide) rings is 1. The van der Waals surface area contributed by atoms with Crippen molar-refractivity contribution in [2.75, 3.05) is 32.2 Å². The second-order valence-corrected chi connectivity index (χ2v) is 11.0. The summed E-state index contributed by atoms with van der Waals surface area (Å²) in [5.74, 6) is 0.00136. The number of hydrogen-bond donors (Lipinski definition) is 1. The average Bonchev–Trinajstić information content (AvgIpc) is 2.77. The summed E-state index contributed by atoms with van der Waals surface area (Å²) in [4.78, 5) is 45.6. The summed E-state index contributed by atoms with van der Waals surface area (Å²) >= 11 is 1.59. The fraction of sp³-hybridized carbons (Fsp3) is 0.739. The van der Waals surface area contributed by atoms with Gasteiger partial charge in [-0.2, -0.15) is 0 Å². The molecule has 0 radical (unpaired) electrons. The number of likely N-dealkylation sites (tertiary alicyclic amines) is 1. The van der Waals surface area contributed by atoms with E-state index in [2.05, 4.69) is 9.89 Å². The minimum Gasteiger partial charge on any atom is -0.427 e. The summed E-state index contributed by atoms with van der Waals surface area (Å²) in [6, 6.07) is -0.500. The Morgan fingerprint density at radius 3 is 2.58 bits per heavy atom. The lowest BCUT2D eigenvalue weighted by Gasteiger charge is -2.47. The largest absolute Gasteiger partial charge is 0.427 e. The molecule has 3 aliphatic rings. The second-order valence-electron chi connectivity index (χ2n) is 9.89. The molecule has 0 aromatic rings. The van der Waals surface area contributed by atoms with Crippen LogP contribution in [0.4, 0.5) is 0 Å². The quantitative estimate of drug-likeness (QED) is 0.185. The monoisotopic (exact) mass is 480 g/mol. The van der Waals surface area contributed by atoms with Gasteiger partial charge in [0.1, 0.15) is 11.1 Å². The van der Waals surface area contributed by atoms with Gasteiger partial charge in [0.25, 0.3) is 5.91 Å². The summed E-state index contributed by atoms with van der Waals surface area (Å²) < 4.78 is 10.2. The molecule has 33 heavy (non-hydrogen) atoms. The van der Waals surface area contributed by atoms with E-state index in [1.807, 2.05) is 0 Å². The number of amides is 1. The Morgan fingerprint density at radius 2 is 1.94 bits per heavy atom. The van der Waals surface area contributed by atoms with Gasteiger partial charge < -0.3 is 20.1 Å². The molecule has 2 fully saturated rings. The van der Waals surface area contributed by atoms with E-state index in [0.29, 0.717) is 5.75 Å². The number of fused-ring (bicyclic) bond motifs is 1. The van der Waals surface area contributed by atoms with Crippen molar-refractivity contribution in [1.29, 1.82) is 0 Å². The summed E-state index contributed by atoms with van der Waals surface area (Å²) in [7, 11) is 0. The van der Waals surface area contributed by atoms with Gasteiger partial charge in [0, 0.05) is 18.8 Å². The minimum absolute atomic E-state index is 0.209. The van der Waals surface area contributed by atoms with Crippen LogP contribution in [0.15, 0.2) is 16.3 Å². The van der Waals surface area contributed by atoms with E-state index < -0.39 is 30.2 Å². The molecule has 3 heterocycles. The van der Waals surface area contributed by atoms with Crippen LogP contribution in [0.25, 0.3) is 0 Å². The summed E-state index contributed by atoms with van der Waals surface area (Å²) in [5.41, 5.74) is 5.92. The maximum Gasteiger partial charge on any atom is 0.357 e. The molecular formula is C23H36N4O5S. The molecule has 10 heteroatoms. The van der Waals surface area contributed by atoms with Gasteiger partial charge in [0.2, 0.25) is 6.79 Å². The molecule has 0 spiro atoms. The number of nitrogens with two attached hydrogens (primary N) is 1. The minimum atomic E-state index is -0.688. The maximum atomic E-state index is 12.9. The van der Waals surface area contributed by atoms with Gasteiger partial charge in [0.05, 0.1) is 11.8 Å². The average molecular weight is 481 g/mol. The molecule has 0 saturated carbocycles. The molecule has 2 atom stereocenters. The van der Waals surface area contributed by atoms with Crippen molar-refractivity contribution in [2.45, 2.75) is 64.8 Å². The Kier molecular flexibility index (Phi) is 8.44. The molecule has 3 rings (SSSR count). The number of piperidine rings is 1. The predicted octanol–water partition coefficient (Wildman–Crippen LogP) is 2.11. The Bertz CT molecular complexity index is 814. The zero-order valence-electron chi connectivity index (χ0n) is 20.0. The highest BCUT2D eigenvalue weighted by molar-refractivity contribution is 8.00. The van der Waals surface area contributed by atoms with Crippen molar-refractivity contribution >= 4 is 35.9 Å². The number of carbonyl (C=O) groups is 3. The van der Waals surface area contributed by atoms with Gasteiger partial charge >= 0.3 is 11.9 Å². The number of esters is 2. The summed E-state index contributed by atoms with van der Waals surface area (Å²) in [6.07, 6.45) is 6.28. The fourth-order valence-corrected chi connectivity index (χ4v) is 5.38. The molecular weight excluding hydrogens is 444 g/mol. The van der Waals surface area contributed by atoms with Crippen LogP contribution in [0, 0.1) is 11.3 Å². The van der Waals surface area contributed by atoms with Gasteiger partial charge in [-0.25, -0.2) is 4.79 Å². The first kappa shape index (κ1) is 25.6. The molecule has 2 saturated heterocycles. The number of carbonyl (C=O) groups excluding carboxylic acids is 3. The number of nitrogens with zero attached hydrogens (tertiary/aromatic N) is 3. The van der Waals surface area contributed by atoms with Crippen molar-refractivity contribution in [3.63, 3.8) is 0 Å². The first-order chi connectivity index (χ1) is 15.6. The number of aliphatic imine (C=N–C) groups is 1. The van der Waals surface area contributed by atoms with Gasteiger partial charge in [-0.3, -0.25) is 19.5 Å². The number of rotatable bonds is 8. The first-order valence-corrected chi connectivity index (χ1v) is 12.6. The molecule has 1 amide bonds. The summed E-state index contributed by atoms with van der Waals surface area (Å²) in [6.45, 7) is 9.10. The van der Waals surface area contributed by atoms with Crippen LogP contribution in [0.2, 0.25) is 0 Å². The molecule has 3 aliphatic heterocycles.